The van der Waals surface area contributed by atoms with E-state index in [9.17, 15) is 0 Å². The van der Waals surface area contributed by atoms with Crippen LogP contribution in [0.1, 0.15) is 50.5 Å². The molecule has 1 aromatic rings. The predicted octanol–water partition coefficient (Wildman–Crippen LogP) is 3.65. The molecule has 2 nitrogen and oxygen atoms in total. The summed E-state index contributed by atoms with van der Waals surface area (Å²) in [5.74, 6) is 0.754. The van der Waals surface area contributed by atoms with Crippen molar-refractivity contribution in [2.45, 2.75) is 44.9 Å². The van der Waals surface area contributed by atoms with Crippen molar-refractivity contribution in [3.05, 3.63) is 35.9 Å². The second-order valence-corrected chi connectivity index (χ2v) is 7.12. The van der Waals surface area contributed by atoms with Gasteiger partial charge < -0.3 is 10.2 Å². The van der Waals surface area contributed by atoms with E-state index in [1.807, 2.05) is 0 Å². The van der Waals surface area contributed by atoms with Crippen LogP contribution in [0.4, 0.5) is 0 Å². The van der Waals surface area contributed by atoms with Gasteiger partial charge in [-0.05, 0) is 49.2 Å². The molecule has 1 saturated carbocycles. The molecule has 1 saturated heterocycles. The Bertz CT molecular complexity index is 422. The minimum atomic E-state index is 0.557. The highest BCUT2D eigenvalue weighted by Gasteiger charge is 2.37. The van der Waals surface area contributed by atoms with Gasteiger partial charge in [0.1, 0.15) is 0 Å². The lowest BCUT2D eigenvalue weighted by Gasteiger charge is -2.34. The molecule has 1 atom stereocenters. The molecule has 0 aromatic heterocycles. The van der Waals surface area contributed by atoms with E-state index in [0.29, 0.717) is 5.41 Å². The molecule has 3 rings (SSSR count). The van der Waals surface area contributed by atoms with Gasteiger partial charge in [0.25, 0.3) is 0 Å². The zero-order chi connectivity index (χ0) is 14.5. The van der Waals surface area contributed by atoms with Crippen LogP contribution in [0.25, 0.3) is 0 Å². The fourth-order valence-corrected chi connectivity index (χ4v) is 4.35. The Balaban J connectivity index is 1.58. The number of nitrogens with zero attached hydrogens (tertiary/aromatic N) is 1. The Morgan fingerprint density at radius 2 is 1.95 bits per heavy atom. The van der Waals surface area contributed by atoms with E-state index >= 15 is 0 Å². The summed E-state index contributed by atoms with van der Waals surface area (Å²) in [4.78, 5) is 2.74. The van der Waals surface area contributed by atoms with Crippen LogP contribution in [-0.4, -0.2) is 37.6 Å². The molecule has 1 aromatic carbocycles. The van der Waals surface area contributed by atoms with E-state index in [2.05, 4.69) is 47.5 Å². The molecule has 2 fully saturated rings. The summed E-state index contributed by atoms with van der Waals surface area (Å²) in [5.41, 5.74) is 2.09. The van der Waals surface area contributed by atoms with Gasteiger partial charge in [-0.15, -0.1) is 0 Å². The summed E-state index contributed by atoms with van der Waals surface area (Å²) in [6, 6.07) is 11.1. The van der Waals surface area contributed by atoms with E-state index in [0.717, 1.165) is 12.5 Å². The fourth-order valence-electron chi connectivity index (χ4n) is 4.35. The fraction of sp³-hybridized carbons (Fsp3) is 0.684. The van der Waals surface area contributed by atoms with Crippen molar-refractivity contribution in [3.8, 4) is 0 Å². The topological polar surface area (TPSA) is 15.3 Å². The van der Waals surface area contributed by atoms with Crippen LogP contribution in [0.15, 0.2) is 30.3 Å². The smallest absolute Gasteiger partial charge is 0.00510 e. The highest BCUT2D eigenvalue weighted by molar-refractivity contribution is 5.21. The molecule has 1 N–H and O–H groups in total. The summed E-state index contributed by atoms with van der Waals surface area (Å²) in [7, 11) is 0. The molecule has 1 aliphatic heterocycles. The van der Waals surface area contributed by atoms with Crippen LogP contribution in [0.3, 0.4) is 0 Å². The lowest BCUT2D eigenvalue weighted by molar-refractivity contribution is 0.171. The molecule has 0 amide bonds. The van der Waals surface area contributed by atoms with Crippen molar-refractivity contribution in [3.63, 3.8) is 0 Å². The quantitative estimate of drug-likeness (QED) is 0.859. The minimum Gasteiger partial charge on any atom is -0.316 e. The Hall–Kier alpha value is -0.860. The maximum absolute atomic E-state index is 3.62. The van der Waals surface area contributed by atoms with Gasteiger partial charge in [0.05, 0.1) is 0 Å². The lowest BCUT2D eigenvalue weighted by Crippen LogP contribution is -2.41. The van der Waals surface area contributed by atoms with E-state index in [1.165, 1.54) is 63.8 Å². The molecule has 21 heavy (non-hydrogen) atoms. The van der Waals surface area contributed by atoms with Gasteiger partial charge in [0.15, 0.2) is 0 Å². The van der Waals surface area contributed by atoms with Crippen LogP contribution in [-0.2, 0) is 0 Å². The molecule has 0 bridgehead atoms. The van der Waals surface area contributed by atoms with E-state index in [-0.39, 0.29) is 0 Å². The third-order valence-corrected chi connectivity index (χ3v) is 5.52. The SMILES string of the molecule is CCNCC1(CN2CCC(c3ccccc3)C2)CCCC1. The number of rotatable bonds is 6. The number of hydrogen-bond donors (Lipinski definition) is 1. The molecular formula is C19H30N2. The Kier molecular flexibility index (Phi) is 4.97. The normalized spacial score (nSPS) is 25.5. The minimum absolute atomic E-state index is 0.557. The van der Waals surface area contributed by atoms with Crippen molar-refractivity contribution in [1.29, 1.82) is 0 Å². The molecule has 2 aliphatic rings. The first-order chi connectivity index (χ1) is 10.3. The molecule has 116 valence electrons. The van der Waals surface area contributed by atoms with Crippen molar-refractivity contribution >= 4 is 0 Å². The molecule has 1 heterocycles. The maximum atomic E-state index is 3.62. The van der Waals surface area contributed by atoms with Gasteiger partial charge in [0, 0.05) is 19.6 Å². The molecule has 2 heteroatoms. The highest BCUT2D eigenvalue weighted by Crippen LogP contribution is 2.40. The molecule has 0 radical (unpaired) electrons. The van der Waals surface area contributed by atoms with Crippen LogP contribution < -0.4 is 5.32 Å². The zero-order valence-corrected chi connectivity index (χ0v) is 13.5. The van der Waals surface area contributed by atoms with Crippen molar-refractivity contribution in [2.75, 3.05) is 32.7 Å². The van der Waals surface area contributed by atoms with Crippen LogP contribution in [0, 0.1) is 5.41 Å². The standard InChI is InChI=1S/C19H30N2/c1-2-20-15-19(11-6-7-12-19)16-21-13-10-18(14-21)17-8-4-3-5-9-17/h3-5,8-9,18,20H,2,6-7,10-16H2,1H3. The van der Waals surface area contributed by atoms with Crippen LogP contribution in [0.2, 0.25) is 0 Å². The Morgan fingerprint density at radius 3 is 2.67 bits per heavy atom. The van der Waals surface area contributed by atoms with E-state index in [4.69, 9.17) is 0 Å². The predicted molar refractivity (Wildman–Crippen MR) is 89.7 cm³/mol. The lowest BCUT2D eigenvalue weighted by atomic mass is 9.85. The van der Waals surface area contributed by atoms with E-state index < -0.39 is 0 Å². The summed E-state index contributed by atoms with van der Waals surface area (Å²) in [6.45, 7) is 8.41. The van der Waals surface area contributed by atoms with Gasteiger partial charge in [-0.1, -0.05) is 50.1 Å². The summed E-state index contributed by atoms with van der Waals surface area (Å²) >= 11 is 0. The van der Waals surface area contributed by atoms with Gasteiger partial charge in [-0.3, -0.25) is 0 Å². The third kappa shape index (κ3) is 3.67. The monoisotopic (exact) mass is 286 g/mol. The van der Waals surface area contributed by atoms with Crippen molar-refractivity contribution in [1.82, 2.24) is 10.2 Å². The van der Waals surface area contributed by atoms with Crippen LogP contribution >= 0.6 is 0 Å². The summed E-state index contributed by atoms with van der Waals surface area (Å²) < 4.78 is 0. The van der Waals surface area contributed by atoms with Gasteiger partial charge >= 0.3 is 0 Å². The largest absolute Gasteiger partial charge is 0.316 e. The molecular weight excluding hydrogens is 256 g/mol. The van der Waals surface area contributed by atoms with Gasteiger partial charge in [-0.25, -0.2) is 0 Å². The molecule has 1 aliphatic carbocycles. The van der Waals surface area contributed by atoms with Crippen LogP contribution in [0.5, 0.6) is 0 Å². The zero-order valence-electron chi connectivity index (χ0n) is 13.5. The number of benzene rings is 1. The van der Waals surface area contributed by atoms with Gasteiger partial charge in [-0.2, -0.15) is 0 Å². The van der Waals surface area contributed by atoms with Crippen molar-refractivity contribution in [2.24, 2.45) is 5.41 Å². The maximum Gasteiger partial charge on any atom is 0.00510 e. The average Bonchev–Trinajstić information content (AvgIpc) is 3.17. The number of likely N-dealkylation sites (tertiary alicyclic amines) is 1. The summed E-state index contributed by atoms with van der Waals surface area (Å²) in [6.07, 6.45) is 7.04. The molecule has 1 unspecified atom stereocenters. The second kappa shape index (κ2) is 6.93. The number of hydrogen-bond acceptors (Lipinski definition) is 2. The first-order valence-electron chi connectivity index (χ1n) is 8.79. The average molecular weight is 286 g/mol. The highest BCUT2D eigenvalue weighted by atomic mass is 15.2. The Labute approximate surface area is 129 Å². The third-order valence-electron chi connectivity index (χ3n) is 5.52. The van der Waals surface area contributed by atoms with E-state index in [1.54, 1.807) is 0 Å². The number of nitrogens with one attached hydrogen (secondary N) is 1. The first-order valence-corrected chi connectivity index (χ1v) is 8.79. The Morgan fingerprint density at radius 1 is 1.19 bits per heavy atom. The molecule has 0 spiro atoms. The first kappa shape index (κ1) is 15.1. The second-order valence-electron chi connectivity index (χ2n) is 7.12. The van der Waals surface area contributed by atoms with Crippen molar-refractivity contribution < 1.29 is 0 Å². The summed E-state index contributed by atoms with van der Waals surface area (Å²) in [5, 5.41) is 3.62. The van der Waals surface area contributed by atoms with Gasteiger partial charge in [0.2, 0.25) is 0 Å².